The monoisotopic (exact) mass is 208 g/mol. The molecule has 0 fully saturated rings. The minimum atomic E-state index is -0.695. The van der Waals surface area contributed by atoms with Crippen LogP contribution in [0, 0.1) is 0 Å². The van der Waals surface area contributed by atoms with Crippen LogP contribution in [0.1, 0.15) is 17.3 Å². The third-order valence-corrected chi connectivity index (χ3v) is 1.76. The number of pyridine rings is 1. The Balaban J connectivity index is 2.67. The summed E-state index contributed by atoms with van der Waals surface area (Å²) in [6.07, 6.45) is 2.99. The highest BCUT2D eigenvalue weighted by molar-refractivity contribution is 5.94. The van der Waals surface area contributed by atoms with Crippen molar-refractivity contribution in [3.05, 3.63) is 30.1 Å². The zero-order valence-corrected chi connectivity index (χ0v) is 8.30. The highest BCUT2D eigenvalue weighted by Crippen LogP contribution is 1.96. The van der Waals surface area contributed by atoms with Gasteiger partial charge in [0.1, 0.15) is 0 Å². The molecule has 0 saturated carbocycles. The van der Waals surface area contributed by atoms with Crippen LogP contribution in [-0.4, -0.2) is 28.5 Å². The van der Waals surface area contributed by atoms with Gasteiger partial charge in [-0.05, 0) is 19.1 Å². The molecule has 1 heterocycles. The van der Waals surface area contributed by atoms with Crippen LogP contribution in [0.4, 0.5) is 4.79 Å². The second-order valence-electron chi connectivity index (χ2n) is 2.76. The van der Waals surface area contributed by atoms with E-state index in [0.29, 0.717) is 12.1 Å². The van der Waals surface area contributed by atoms with Crippen molar-refractivity contribution in [3.63, 3.8) is 0 Å². The van der Waals surface area contributed by atoms with E-state index in [1.807, 2.05) is 0 Å². The van der Waals surface area contributed by atoms with Crippen LogP contribution in [-0.2, 0) is 0 Å². The van der Waals surface area contributed by atoms with Crippen LogP contribution in [0.25, 0.3) is 0 Å². The maximum absolute atomic E-state index is 11.5. The lowest BCUT2D eigenvalue weighted by Crippen LogP contribution is -2.48. The van der Waals surface area contributed by atoms with Gasteiger partial charge in [-0.3, -0.25) is 15.2 Å². The Bertz CT molecular complexity index is 352. The number of hydrogen-bond acceptors (Lipinski definition) is 3. The lowest BCUT2D eigenvalue weighted by atomic mass is 10.2. The zero-order valence-electron chi connectivity index (χ0n) is 8.30. The van der Waals surface area contributed by atoms with Gasteiger partial charge in [0.05, 0.1) is 0 Å². The molecule has 80 valence electrons. The molecule has 0 saturated heterocycles. The van der Waals surface area contributed by atoms with Gasteiger partial charge in [-0.25, -0.2) is 9.80 Å². The summed E-state index contributed by atoms with van der Waals surface area (Å²) in [6, 6.07) is 2.40. The van der Waals surface area contributed by atoms with Crippen molar-refractivity contribution in [2.45, 2.75) is 6.92 Å². The van der Waals surface area contributed by atoms with E-state index < -0.39 is 11.9 Å². The Labute approximate surface area is 87.1 Å². The topological polar surface area (TPSA) is 88.3 Å². The molecule has 0 spiro atoms. The number of amides is 3. The van der Waals surface area contributed by atoms with E-state index in [9.17, 15) is 9.59 Å². The highest BCUT2D eigenvalue weighted by atomic mass is 16.2. The summed E-state index contributed by atoms with van der Waals surface area (Å²) in [5, 5.41) is 1.03. The van der Waals surface area contributed by atoms with Crippen molar-refractivity contribution in [2.24, 2.45) is 5.73 Å². The fourth-order valence-corrected chi connectivity index (χ4v) is 0.980. The van der Waals surface area contributed by atoms with Crippen LogP contribution >= 0.6 is 0 Å². The first-order chi connectivity index (χ1) is 7.15. The van der Waals surface area contributed by atoms with Gasteiger partial charge in [0.15, 0.2) is 0 Å². The van der Waals surface area contributed by atoms with Crippen LogP contribution < -0.4 is 11.2 Å². The van der Waals surface area contributed by atoms with E-state index in [1.165, 1.54) is 12.4 Å². The molecule has 3 amide bonds. The van der Waals surface area contributed by atoms with Gasteiger partial charge >= 0.3 is 6.03 Å². The van der Waals surface area contributed by atoms with Crippen molar-refractivity contribution in [1.82, 2.24) is 15.4 Å². The number of urea groups is 1. The molecule has 1 rings (SSSR count). The molecule has 0 aliphatic carbocycles. The number of nitrogens with one attached hydrogen (secondary N) is 1. The molecule has 0 aliphatic heterocycles. The van der Waals surface area contributed by atoms with Crippen molar-refractivity contribution >= 4 is 11.9 Å². The maximum atomic E-state index is 11.5. The number of hydrogen-bond donors (Lipinski definition) is 2. The Morgan fingerprint density at radius 1 is 1.47 bits per heavy atom. The largest absolute Gasteiger partial charge is 0.350 e. The molecule has 0 bridgehead atoms. The zero-order chi connectivity index (χ0) is 11.3. The summed E-state index contributed by atoms with van der Waals surface area (Å²) in [5.41, 5.74) is 7.83. The summed E-state index contributed by atoms with van der Waals surface area (Å²) >= 11 is 0. The second kappa shape index (κ2) is 4.94. The molecule has 1 aromatic heterocycles. The van der Waals surface area contributed by atoms with Gasteiger partial charge in [-0.1, -0.05) is 0 Å². The minimum Gasteiger partial charge on any atom is -0.350 e. The van der Waals surface area contributed by atoms with Crippen LogP contribution in [0.2, 0.25) is 0 Å². The lowest BCUT2D eigenvalue weighted by molar-refractivity contribution is 0.0839. The van der Waals surface area contributed by atoms with Crippen LogP contribution in [0.15, 0.2) is 24.5 Å². The summed E-state index contributed by atoms with van der Waals surface area (Å²) in [4.78, 5) is 26.1. The number of hydrazine groups is 1. The predicted molar refractivity (Wildman–Crippen MR) is 53.7 cm³/mol. The van der Waals surface area contributed by atoms with Crippen molar-refractivity contribution in [1.29, 1.82) is 0 Å². The number of rotatable bonds is 2. The van der Waals surface area contributed by atoms with Crippen LogP contribution in [0.5, 0.6) is 0 Å². The fourth-order valence-electron chi connectivity index (χ4n) is 0.980. The van der Waals surface area contributed by atoms with Crippen molar-refractivity contribution < 1.29 is 9.59 Å². The molecule has 6 heteroatoms. The predicted octanol–water partition coefficient (Wildman–Crippen LogP) is 0.127. The summed E-state index contributed by atoms with van der Waals surface area (Å²) < 4.78 is 0. The van der Waals surface area contributed by atoms with E-state index in [2.05, 4.69) is 10.4 Å². The second-order valence-corrected chi connectivity index (χ2v) is 2.76. The van der Waals surface area contributed by atoms with Gasteiger partial charge in [-0.15, -0.1) is 0 Å². The van der Waals surface area contributed by atoms with Crippen molar-refractivity contribution in [3.8, 4) is 0 Å². The molecule has 0 aliphatic rings. The Hall–Kier alpha value is -2.11. The average Bonchev–Trinajstić information content (AvgIpc) is 2.26. The van der Waals surface area contributed by atoms with E-state index in [1.54, 1.807) is 19.1 Å². The standard InChI is InChI=1S/C9H12N4O2/c1-2-13(9(10)15)12-8(14)7-3-5-11-6-4-7/h3-6H,2H2,1H3,(H2,10,15)(H,12,14). The number of carbonyl (C=O) groups excluding carboxylic acids is 2. The first-order valence-electron chi connectivity index (χ1n) is 4.43. The molecule has 0 radical (unpaired) electrons. The van der Waals surface area contributed by atoms with Gasteiger partial charge in [0.2, 0.25) is 0 Å². The third-order valence-electron chi connectivity index (χ3n) is 1.76. The quantitative estimate of drug-likeness (QED) is 0.677. The molecule has 3 N–H and O–H groups in total. The lowest BCUT2D eigenvalue weighted by Gasteiger charge is -2.18. The Morgan fingerprint density at radius 3 is 2.53 bits per heavy atom. The van der Waals surface area contributed by atoms with Crippen molar-refractivity contribution in [2.75, 3.05) is 6.54 Å². The van der Waals surface area contributed by atoms with E-state index >= 15 is 0 Å². The first-order valence-corrected chi connectivity index (χ1v) is 4.43. The third kappa shape index (κ3) is 2.94. The molecule has 6 nitrogen and oxygen atoms in total. The maximum Gasteiger partial charge on any atom is 0.333 e. The Morgan fingerprint density at radius 2 is 2.07 bits per heavy atom. The molecular formula is C9H12N4O2. The molecular weight excluding hydrogens is 196 g/mol. The molecule has 0 atom stereocenters. The number of carbonyl (C=O) groups is 2. The summed E-state index contributed by atoms with van der Waals surface area (Å²) in [7, 11) is 0. The van der Waals surface area contributed by atoms with Gasteiger partial charge < -0.3 is 5.73 Å². The number of nitrogens with two attached hydrogens (primary N) is 1. The fraction of sp³-hybridized carbons (Fsp3) is 0.222. The van der Waals surface area contributed by atoms with Gasteiger partial charge in [0.25, 0.3) is 5.91 Å². The SMILES string of the molecule is CCN(NC(=O)c1ccncc1)C(N)=O. The van der Waals surface area contributed by atoms with Crippen LogP contribution in [0.3, 0.4) is 0 Å². The molecule has 1 aromatic rings. The number of primary amides is 1. The normalized spacial score (nSPS) is 9.40. The van der Waals surface area contributed by atoms with E-state index in [4.69, 9.17) is 5.73 Å². The van der Waals surface area contributed by atoms with E-state index in [-0.39, 0.29) is 0 Å². The molecule has 15 heavy (non-hydrogen) atoms. The van der Waals surface area contributed by atoms with Gasteiger partial charge in [0, 0.05) is 24.5 Å². The highest BCUT2D eigenvalue weighted by Gasteiger charge is 2.11. The van der Waals surface area contributed by atoms with Gasteiger partial charge in [-0.2, -0.15) is 0 Å². The first kappa shape index (κ1) is 11.0. The summed E-state index contributed by atoms with van der Waals surface area (Å²) in [5.74, 6) is -0.391. The number of nitrogens with zero attached hydrogens (tertiary/aromatic N) is 2. The minimum absolute atomic E-state index is 0.312. The summed E-state index contributed by atoms with van der Waals surface area (Å²) in [6.45, 7) is 2.02. The molecule has 0 unspecified atom stereocenters. The average molecular weight is 208 g/mol. The Kier molecular flexibility index (Phi) is 3.61. The van der Waals surface area contributed by atoms with E-state index in [0.717, 1.165) is 5.01 Å². The molecule has 0 aromatic carbocycles. The number of aromatic nitrogens is 1. The smallest absolute Gasteiger partial charge is 0.333 e.